The maximum atomic E-state index is 5.70. The molecular formula is C13H22N2O. The van der Waals surface area contributed by atoms with Gasteiger partial charge in [-0.3, -0.25) is 4.90 Å². The van der Waals surface area contributed by atoms with Crippen molar-refractivity contribution in [3.05, 3.63) is 23.7 Å². The van der Waals surface area contributed by atoms with E-state index in [4.69, 9.17) is 4.42 Å². The van der Waals surface area contributed by atoms with Crippen molar-refractivity contribution in [2.75, 3.05) is 20.1 Å². The van der Waals surface area contributed by atoms with Gasteiger partial charge in [0.2, 0.25) is 0 Å². The molecule has 1 aromatic heterocycles. The van der Waals surface area contributed by atoms with E-state index >= 15 is 0 Å². The molecule has 0 spiro atoms. The highest BCUT2D eigenvalue weighted by atomic mass is 16.3. The van der Waals surface area contributed by atoms with Crippen LogP contribution in [-0.4, -0.2) is 31.1 Å². The highest BCUT2D eigenvalue weighted by molar-refractivity contribution is 5.09. The van der Waals surface area contributed by atoms with Crippen molar-refractivity contribution < 1.29 is 4.42 Å². The molecule has 1 aliphatic heterocycles. The minimum atomic E-state index is 0.360. The van der Waals surface area contributed by atoms with Gasteiger partial charge in [-0.25, -0.2) is 0 Å². The standard InChI is InChI=1S/C13H22N2O/c1-10-6-7-13(16-10)11(2)15(3)12-5-4-8-14-9-12/h6-7,11-12,14H,4-5,8-9H2,1-3H3. The van der Waals surface area contributed by atoms with Crippen LogP contribution in [0.15, 0.2) is 16.5 Å². The van der Waals surface area contributed by atoms with Gasteiger partial charge in [0.1, 0.15) is 11.5 Å². The second-order valence-corrected chi connectivity index (χ2v) is 4.79. The number of nitrogens with one attached hydrogen (secondary N) is 1. The van der Waals surface area contributed by atoms with Crippen molar-refractivity contribution in [2.24, 2.45) is 0 Å². The van der Waals surface area contributed by atoms with E-state index in [9.17, 15) is 0 Å². The first-order valence-corrected chi connectivity index (χ1v) is 6.17. The lowest BCUT2D eigenvalue weighted by atomic mass is 10.0. The number of aryl methyl sites for hydroxylation is 1. The Morgan fingerprint density at radius 3 is 2.88 bits per heavy atom. The van der Waals surface area contributed by atoms with Gasteiger partial charge in [0.05, 0.1) is 6.04 Å². The molecule has 0 saturated carbocycles. The summed E-state index contributed by atoms with van der Waals surface area (Å²) in [5, 5.41) is 3.45. The molecule has 1 aliphatic rings. The lowest BCUT2D eigenvalue weighted by Crippen LogP contribution is -2.44. The third-order valence-electron chi connectivity index (χ3n) is 3.63. The number of furan rings is 1. The molecule has 0 bridgehead atoms. The molecule has 1 N–H and O–H groups in total. The van der Waals surface area contributed by atoms with E-state index < -0.39 is 0 Å². The van der Waals surface area contributed by atoms with E-state index in [0.29, 0.717) is 12.1 Å². The molecular weight excluding hydrogens is 200 g/mol. The number of hydrogen-bond donors (Lipinski definition) is 1. The first kappa shape index (κ1) is 11.7. The van der Waals surface area contributed by atoms with Gasteiger partial charge in [-0.2, -0.15) is 0 Å². The highest BCUT2D eigenvalue weighted by Crippen LogP contribution is 2.24. The largest absolute Gasteiger partial charge is 0.465 e. The van der Waals surface area contributed by atoms with Gasteiger partial charge in [-0.05, 0) is 52.4 Å². The average molecular weight is 222 g/mol. The Bertz CT molecular complexity index is 328. The first-order chi connectivity index (χ1) is 7.68. The molecule has 2 unspecified atom stereocenters. The topological polar surface area (TPSA) is 28.4 Å². The zero-order chi connectivity index (χ0) is 11.5. The van der Waals surface area contributed by atoms with Crippen LogP contribution in [0.1, 0.15) is 37.3 Å². The van der Waals surface area contributed by atoms with E-state index in [1.165, 1.54) is 19.4 Å². The molecule has 0 amide bonds. The SMILES string of the molecule is Cc1ccc(C(C)N(C)C2CCCNC2)o1. The van der Waals surface area contributed by atoms with E-state index in [0.717, 1.165) is 18.1 Å². The Hall–Kier alpha value is -0.800. The maximum Gasteiger partial charge on any atom is 0.121 e. The molecule has 90 valence electrons. The summed E-state index contributed by atoms with van der Waals surface area (Å²) in [6, 6.07) is 5.12. The second-order valence-electron chi connectivity index (χ2n) is 4.79. The number of piperidine rings is 1. The van der Waals surface area contributed by atoms with Gasteiger partial charge >= 0.3 is 0 Å². The van der Waals surface area contributed by atoms with Crippen molar-refractivity contribution in [1.29, 1.82) is 0 Å². The Balaban J connectivity index is 2.00. The molecule has 2 rings (SSSR count). The average Bonchev–Trinajstić information content (AvgIpc) is 2.75. The monoisotopic (exact) mass is 222 g/mol. The fraction of sp³-hybridized carbons (Fsp3) is 0.692. The molecule has 0 aliphatic carbocycles. The van der Waals surface area contributed by atoms with Gasteiger partial charge in [-0.15, -0.1) is 0 Å². The predicted molar refractivity (Wildman–Crippen MR) is 65.5 cm³/mol. The van der Waals surface area contributed by atoms with Crippen molar-refractivity contribution in [2.45, 2.75) is 38.8 Å². The second kappa shape index (κ2) is 5.02. The summed E-state index contributed by atoms with van der Waals surface area (Å²) in [6.45, 7) is 6.48. The predicted octanol–water partition coefficient (Wildman–Crippen LogP) is 2.33. The normalized spacial score (nSPS) is 23.6. The Labute approximate surface area is 97.8 Å². The van der Waals surface area contributed by atoms with Crippen molar-refractivity contribution in [1.82, 2.24) is 10.2 Å². The van der Waals surface area contributed by atoms with Gasteiger partial charge in [-0.1, -0.05) is 0 Å². The van der Waals surface area contributed by atoms with Crippen LogP contribution in [0.5, 0.6) is 0 Å². The minimum absolute atomic E-state index is 0.360. The molecule has 0 aromatic carbocycles. The van der Waals surface area contributed by atoms with Crippen LogP contribution in [-0.2, 0) is 0 Å². The summed E-state index contributed by atoms with van der Waals surface area (Å²) in [4.78, 5) is 2.42. The molecule has 3 nitrogen and oxygen atoms in total. The fourth-order valence-corrected chi connectivity index (χ4v) is 2.38. The lowest BCUT2D eigenvalue weighted by Gasteiger charge is -2.35. The van der Waals surface area contributed by atoms with Gasteiger partial charge in [0.25, 0.3) is 0 Å². The first-order valence-electron chi connectivity index (χ1n) is 6.17. The fourth-order valence-electron chi connectivity index (χ4n) is 2.38. The van der Waals surface area contributed by atoms with Crippen molar-refractivity contribution >= 4 is 0 Å². The summed E-state index contributed by atoms with van der Waals surface area (Å²) < 4.78 is 5.70. The van der Waals surface area contributed by atoms with Crippen LogP contribution >= 0.6 is 0 Å². The van der Waals surface area contributed by atoms with Gasteiger partial charge < -0.3 is 9.73 Å². The quantitative estimate of drug-likeness (QED) is 0.851. The highest BCUT2D eigenvalue weighted by Gasteiger charge is 2.24. The van der Waals surface area contributed by atoms with Gasteiger partial charge in [0.15, 0.2) is 0 Å². The third kappa shape index (κ3) is 2.47. The van der Waals surface area contributed by atoms with Crippen molar-refractivity contribution in [3.63, 3.8) is 0 Å². The molecule has 2 heterocycles. The Morgan fingerprint density at radius 2 is 2.31 bits per heavy atom. The van der Waals surface area contributed by atoms with Crippen LogP contribution in [0.2, 0.25) is 0 Å². The number of hydrogen-bond acceptors (Lipinski definition) is 3. The van der Waals surface area contributed by atoms with Crippen LogP contribution < -0.4 is 5.32 Å². The summed E-state index contributed by atoms with van der Waals surface area (Å²) in [5.74, 6) is 2.07. The van der Waals surface area contributed by atoms with Crippen LogP contribution in [0.4, 0.5) is 0 Å². The Kier molecular flexibility index (Phi) is 3.66. The van der Waals surface area contributed by atoms with Crippen LogP contribution in [0.3, 0.4) is 0 Å². The molecule has 16 heavy (non-hydrogen) atoms. The van der Waals surface area contributed by atoms with Crippen molar-refractivity contribution in [3.8, 4) is 0 Å². The van der Waals surface area contributed by atoms with E-state index in [2.05, 4.69) is 30.3 Å². The van der Waals surface area contributed by atoms with Crippen LogP contribution in [0.25, 0.3) is 0 Å². The zero-order valence-electron chi connectivity index (χ0n) is 10.5. The molecule has 1 fully saturated rings. The molecule has 0 radical (unpaired) electrons. The van der Waals surface area contributed by atoms with E-state index in [1.54, 1.807) is 0 Å². The van der Waals surface area contributed by atoms with E-state index in [-0.39, 0.29) is 0 Å². The van der Waals surface area contributed by atoms with Gasteiger partial charge in [0, 0.05) is 12.6 Å². The number of nitrogens with zero attached hydrogens (tertiary/aromatic N) is 1. The molecule has 2 atom stereocenters. The smallest absolute Gasteiger partial charge is 0.121 e. The minimum Gasteiger partial charge on any atom is -0.465 e. The summed E-state index contributed by atoms with van der Waals surface area (Å²) in [5.41, 5.74) is 0. The summed E-state index contributed by atoms with van der Waals surface area (Å²) >= 11 is 0. The van der Waals surface area contributed by atoms with Crippen LogP contribution in [0, 0.1) is 6.92 Å². The summed E-state index contributed by atoms with van der Waals surface area (Å²) in [6.07, 6.45) is 2.56. The lowest BCUT2D eigenvalue weighted by molar-refractivity contribution is 0.140. The molecule has 3 heteroatoms. The zero-order valence-corrected chi connectivity index (χ0v) is 10.5. The van der Waals surface area contributed by atoms with E-state index in [1.807, 2.05) is 13.0 Å². The number of rotatable bonds is 3. The summed E-state index contributed by atoms with van der Waals surface area (Å²) in [7, 11) is 2.19. The number of likely N-dealkylation sites (N-methyl/N-ethyl adjacent to an activating group) is 1. The molecule has 1 saturated heterocycles. The maximum absolute atomic E-state index is 5.70. The third-order valence-corrected chi connectivity index (χ3v) is 3.63. The molecule has 1 aromatic rings. The Morgan fingerprint density at radius 1 is 1.50 bits per heavy atom.